The number of halogens is 6. The predicted octanol–water partition coefficient (Wildman–Crippen LogP) is 5.22. The molecule has 38 heavy (non-hydrogen) atoms. The lowest BCUT2D eigenvalue weighted by Crippen LogP contribution is -2.54. The summed E-state index contributed by atoms with van der Waals surface area (Å²) in [5, 5.41) is 9.18. The minimum Gasteiger partial charge on any atom is -0.370 e. The quantitative estimate of drug-likeness (QED) is 0.386. The van der Waals surface area contributed by atoms with Gasteiger partial charge in [-0.2, -0.15) is 26.3 Å². The van der Waals surface area contributed by atoms with Crippen LogP contribution in [0.3, 0.4) is 0 Å². The van der Waals surface area contributed by atoms with Gasteiger partial charge in [0.15, 0.2) is 9.84 Å². The molecule has 0 radical (unpaired) electrons. The Morgan fingerprint density at radius 1 is 1.03 bits per heavy atom. The number of alkyl halides is 6. The van der Waals surface area contributed by atoms with E-state index in [4.69, 9.17) is 4.74 Å². The number of rotatable bonds is 6. The van der Waals surface area contributed by atoms with Crippen LogP contribution in [0.15, 0.2) is 53.4 Å². The molecule has 3 rings (SSSR count). The molecule has 0 amide bonds. The molecule has 1 aliphatic heterocycles. The number of benzene rings is 2. The predicted molar refractivity (Wildman–Crippen MR) is 129 cm³/mol. The van der Waals surface area contributed by atoms with Crippen LogP contribution >= 0.6 is 0 Å². The first-order valence-electron chi connectivity index (χ1n) is 11.7. The second-order valence-corrected chi connectivity index (χ2v) is 11.1. The van der Waals surface area contributed by atoms with Crippen molar-refractivity contribution in [3.05, 3.63) is 59.7 Å². The zero-order valence-corrected chi connectivity index (χ0v) is 21.4. The first-order chi connectivity index (χ1) is 17.7. The second kappa shape index (κ2) is 11.2. The van der Waals surface area contributed by atoms with E-state index < -0.39 is 44.7 Å². The van der Waals surface area contributed by atoms with Crippen LogP contribution in [-0.4, -0.2) is 57.4 Å². The number of ether oxygens (including phenoxy) is 1. The molecule has 1 N–H and O–H groups in total. The lowest BCUT2D eigenvalue weighted by Gasteiger charge is -2.35. The summed E-state index contributed by atoms with van der Waals surface area (Å²) >= 11 is 0. The number of hydrogen-bond acceptors (Lipinski definition) is 5. The van der Waals surface area contributed by atoms with Gasteiger partial charge in [-0.1, -0.05) is 43.0 Å². The van der Waals surface area contributed by atoms with Crippen LogP contribution in [0, 0.1) is 11.8 Å². The molecule has 208 valence electrons. The van der Waals surface area contributed by atoms with Crippen molar-refractivity contribution in [1.29, 1.82) is 0 Å². The van der Waals surface area contributed by atoms with Crippen LogP contribution in [-0.2, 0) is 20.2 Å². The molecule has 0 aliphatic carbocycles. The average molecular weight is 564 g/mol. The monoisotopic (exact) mass is 563 g/mol. The van der Waals surface area contributed by atoms with Gasteiger partial charge in [-0.3, -0.25) is 0 Å². The second-order valence-electron chi connectivity index (χ2n) is 8.88. The maximum atomic E-state index is 13.5. The zero-order chi connectivity index (χ0) is 28.4. The third-order valence-electron chi connectivity index (χ3n) is 6.55. The van der Waals surface area contributed by atoms with Crippen molar-refractivity contribution in [1.82, 2.24) is 0 Å². The Hall–Kier alpha value is -2.75. The van der Waals surface area contributed by atoms with Crippen molar-refractivity contribution in [3.8, 4) is 11.8 Å². The van der Waals surface area contributed by atoms with Crippen molar-refractivity contribution >= 4 is 15.5 Å². The van der Waals surface area contributed by atoms with Gasteiger partial charge in [0.1, 0.15) is 6.10 Å². The summed E-state index contributed by atoms with van der Waals surface area (Å²) in [5.41, 5.74) is -6.46. The first kappa shape index (κ1) is 29.8. The summed E-state index contributed by atoms with van der Waals surface area (Å²) < 4.78 is 112. The normalized spacial score (nSPS) is 16.6. The summed E-state index contributed by atoms with van der Waals surface area (Å²) in [7, 11) is -2.25. The SMILES string of the molecule is CCC(C#Cc1cc(C(O)(C(F)(F)F)C(F)(F)F)ccc1N1CCC(S(=O)(=O)c2ccccc2)CC1)OC. The summed E-state index contributed by atoms with van der Waals surface area (Å²) in [6.45, 7) is 2.09. The van der Waals surface area contributed by atoms with Crippen molar-refractivity contribution in [2.45, 2.75) is 60.4 Å². The molecule has 1 atom stereocenters. The molecular formula is C26H27F6NO4S. The summed E-state index contributed by atoms with van der Waals surface area (Å²) in [6.07, 6.45) is -11.9. The Bertz CT molecular complexity index is 1260. The molecule has 0 bridgehead atoms. The van der Waals surface area contributed by atoms with Crippen LogP contribution in [0.1, 0.15) is 37.3 Å². The number of anilines is 1. The fraction of sp³-hybridized carbons (Fsp3) is 0.462. The number of nitrogens with zero attached hydrogens (tertiary/aromatic N) is 1. The van der Waals surface area contributed by atoms with Gasteiger partial charge >= 0.3 is 12.4 Å². The Labute approximate surface area is 217 Å². The van der Waals surface area contributed by atoms with Crippen molar-refractivity contribution < 1.29 is 44.6 Å². The lowest BCUT2D eigenvalue weighted by molar-refractivity contribution is -0.376. The molecule has 1 heterocycles. The third kappa shape index (κ3) is 5.80. The van der Waals surface area contributed by atoms with Gasteiger partial charge in [0.2, 0.25) is 0 Å². The van der Waals surface area contributed by atoms with Gasteiger partial charge in [0, 0.05) is 31.3 Å². The molecular weight excluding hydrogens is 536 g/mol. The largest absolute Gasteiger partial charge is 0.430 e. The van der Waals surface area contributed by atoms with E-state index in [1.54, 1.807) is 30.0 Å². The Kier molecular flexibility index (Phi) is 8.75. The van der Waals surface area contributed by atoms with Crippen LogP contribution in [0.25, 0.3) is 0 Å². The molecule has 0 spiro atoms. The fourth-order valence-electron chi connectivity index (χ4n) is 4.32. The molecule has 1 aliphatic rings. The number of methoxy groups -OCH3 is 1. The molecule has 2 aromatic rings. The Morgan fingerprint density at radius 3 is 2.11 bits per heavy atom. The number of piperidine rings is 1. The number of aliphatic hydroxyl groups is 1. The fourth-order valence-corrected chi connectivity index (χ4v) is 6.07. The number of sulfone groups is 1. The summed E-state index contributed by atoms with van der Waals surface area (Å²) in [4.78, 5) is 1.84. The molecule has 1 fully saturated rings. The van der Waals surface area contributed by atoms with Crippen LogP contribution < -0.4 is 4.90 Å². The van der Waals surface area contributed by atoms with Crippen LogP contribution in [0.2, 0.25) is 0 Å². The lowest BCUT2D eigenvalue weighted by atomic mass is 9.90. The average Bonchev–Trinajstić information content (AvgIpc) is 2.88. The highest BCUT2D eigenvalue weighted by Crippen LogP contribution is 2.50. The van der Waals surface area contributed by atoms with E-state index in [1.165, 1.54) is 19.2 Å². The van der Waals surface area contributed by atoms with Crippen molar-refractivity contribution in [3.63, 3.8) is 0 Å². The van der Waals surface area contributed by atoms with Crippen LogP contribution in [0.4, 0.5) is 32.0 Å². The highest BCUT2D eigenvalue weighted by Gasteiger charge is 2.71. The van der Waals surface area contributed by atoms with Crippen molar-refractivity contribution in [2.24, 2.45) is 0 Å². The highest BCUT2D eigenvalue weighted by atomic mass is 32.2. The standard InChI is InChI=1S/C26H27F6NO4S/c1-3-20(37-2)11-9-18-17-19(24(34,25(27,28)29)26(30,31)32)10-12-23(18)33-15-13-22(14-16-33)38(35,36)21-7-5-4-6-8-21/h4-8,10,12,17,20,22,34H,3,13-16H2,1-2H3. The Morgan fingerprint density at radius 2 is 1.61 bits per heavy atom. The molecule has 0 saturated carbocycles. The maximum Gasteiger partial charge on any atom is 0.430 e. The molecule has 5 nitrogen and oxygen atoms in total. The number of hydrogen-bond donors (Lipinski definition) is 1. The zero-order valence-electron chi connectivity index (χ0n) is 20.6. The minimum absolute atomic E-state index is 0.172. The molecule has 2 aromatic carbocycles. The van der Waals surface area contributed by atoms with Gasteiger partial charge in [-0.25, -0.2) is 8.42 Å². The smallest absolute Gasteiger partial charge is 0.370 e. The van der Waals surface area contributed by atoms with E-state index in [0.29, 0.717) is 18.6 Å². The minimum atomic E-state index is -6.04. The van der Waals surface area contributed by atoms with Crippen molar-refractivity contribution in [2.75, 3.05) is 25.1 Å². The van der Waals surface area contributed by atoms with Gasteiger partial charge in [0.05, 0.1) is 15.8 Å². The molecule has 1 saturated heterocycles. The first-order valence-corrected chi connectivity index (χ1v) is 13.3. The van der Waals surface area contributed by atoms with E-state index in [0.717, 1.165) is 6.07 Å². The maximum absolute atomic E-state index is 13.5. The highest BCUT2D eigenvalue weighted by molar-refractivity contribution is 7.92. The Balaban J connectivity index is 2.00. The van der Waals surface area contributed by atoms with Gasteiger partial charge in [-0.05, 0) is 43.5 Å². The van der Waals surface area contributed by atoms with E-state index >= 15 is 0 Å². The van der Waals surface area contributed by atoms with E-state index in [-0.39, 0.29) is 42.1 Å². The van der Waals surface area contributed by atoms with Gasteiger partial charge in [0.25, 0.3) is 5.60 Å². The summed E-state index contributed by atoms with van der Waals surface area (Å²) in [6, 6.07) is 10.1. The van der Waals surface area contributed by atoms with Crippen LogP contribution in [0.5, 0.6) is 0 Å². The molecule has 0 aromatic heterocycles. The van der Waals surface area contributed by atoms with E-state index in [9.17, 15) is 39.9 Å². The van der Waals surface area contributed by atoms with Gasteiger partial charge < -0.3 is 14.7 Å². The van der Waals surface area contributed by atoms with E-state index in [2.05, 4.69) is 11.8 Å². The van der Waals surface area contributed by atoms with E-state index in [1.807, 2.05) is 0 Å². The van der Waals surface area contributed by atoms with Gasteiger partial charge in [-0.15, -0.1) is 0 Å². The molecule has 1 unspecified atom stereocenters. The third-order valence-corrected chi connectivity index (χ3v) is 8.83. The topological polar surface area (TPSA) is 66.8 Å². The molecule has 12 heteroatoms. The summed E-state index contributed by atoms with van der Waals surface area (Å²) in [5.74, 6) is 5.30.